The van der Waals surface area contributed by atoms with Gasteiger partial charge < -0.3 is 8.85 Å². The molecule has 3 aliphatic rings. The van der Waals surface area contributed by atoms with Gasteiger partial charge in [0.25, 0.3) is 0 Å². The van der Waals surface area contributed by atoms with E-state index in [0.717, 1.165) is 25.4 Å². The first-order chi connectivity index (χ1) is 17.8. The van der Waals surface area contributed by atoms with E-state index >= 15 is 0 Å². The normalized spacial score (nSPS) is 32.9. The molecule has 3 fully saturated rings. The van der Waals surface area contributed by atoms with Crippen molar-refractivity contribution in [3.8, 4) is 0 Å². The summed E-state index contributed by atoms with van der Waals surface area (Å²) in [5.74, 6) is 1.91. The lowest BCUT2D eigenvalue weighted by Gasteiger charge is -2.45. The topological polar surface area (TPSA) is 35.5 Å². The van der Waals surface area contributed by atoms with E-state index in [4.69, 9.17) is 8.85 Å². The maximum absolute atomic E-state index is 11.4. The summed E-state index contributed by atoms with van der Waals surface area (Å²) in [6.45, 7) is 28.5. The zero-order chi connectivity index (χ0) is 29.4. The van der Waals surface area contributed by atoms with Gasteiger partial charge in [-0.1, -0.05) is 78.7 Å². The minimum Gasteiger partial charge on any atom is -0.414 e. The maximum atomic E-state index is 11.4. The Balaban J connectivity index is 1.86. The molecule has 0 bridgehead atoms. The van der Waals surface area contributed by atoms with Crippen LogP contribution in [0.25, 0.3) is 0 Å². The van der Waals surface area contributed by atoms with Crippen molar-refractivity contribution >= 4 is 25.1 Å². The SMILES string of the molecule is C[C@H](CP=O)C1CCC2/C(=C/C=C3C[C@@H](O[Si](C)(C)C(C)(C)C)C[C@H](O[Si](C)(C)C(C)(C)C)C3)CCC[C@@]21C. The highest BCUT2D eigenvalue weighted by atomic mass is 31.1. The van der Waals surface area contributed by atoms with Crippen molar-refractivity contribution in [2.24, 2.45) is 23.2 Å². The molecule has 224 valence electrons. The summed E-state index contributed by atoms with van der Waals surface area (Å²) < 4.78 is 25.4. The van der Waals surface area contributed by atoms with Gasteiger partial charge in [-0.15, -0.1) is 0 Å². The van der Waals surface area contributed by atoms with Crippen molar-refractivity contribution in [3.05, 3.63) is 23.3 Å². The van der Waals surface area contributed by atoms with E-state index in [1.54, 1.807) is 5.57 Å². The smallest absolute Gasteiger partial charge is 0.192 e. The second-order valence-electron chi connectivity index (χ2n) is 16.6. The van der Waals surface area contributed by atoms with Crippen LogP contribution in [0.4, 0.5) is 0 Å². The van der Waals surface area contributed by atoms with E-state index < -0.39 is 16.6 Å². The Hall–Kier alpha value is -0.0662. The van der Waals surface area contributed by atoms with Gasteiger partial charge in [-0.25, -0.2) is 0 Å². The second kappa shape index (κ2) is 12.3. The van der Waals surface area contributed by atoms with E-state index in [9.17, 15) is 4.57 Å². The lowest BCUT2D eigenvalue weighted by atomic mass is 9.61. The monoisotopic (exact) mass is 592 g/mol. The van der Waals surface area contributed by atoms with Gasteiger partial charge in [0.1, 0.15) is 0 Å². The summed E-state index contributed by atoms with van der Waals surface area (Å²) in [4.78, 5) is 0. The fourth-order valence-electron chi connectivity index (χ4n) is 7.31. The Morgan fingerprint density at radius 1 is 0.949 bits per heavy atom. The van der Waals surface area contributed by atoms with Crippen LogP contribution in [0.15, 0.2) is 23.3 Å². The molecule has 0 amide bonds. The molecule has 0 heterocycles. The molecular weight excluding hydrogens is 532 g/mol. The first-order valence-corrected chi connectivity index (χ1v) is 22.7. The third-order valence-corrected chi connectivity index (χ3v) is 21.5. The Morgan fingerprint density at radius 3 is 1.97 bits per heavy atom. The van der Waals surface area contributed by atoms with Crippen LogP contribution in [0.3, 0.4) is 0 Å². The molecule has 0 N–H and O–H groups in total. The van der Waals surface area contributed by atoms with Crippen molar-refractivity contribution in [1.82, 2.24) is 0 Å². The Bertz CT molecular complexity index is 888. The third-order valence-electron chi connectivity index (χ3n) is 11.7. The predicted octanol–water partition coefficient (Wildman–Crippen LogP) is 10.9. The number of hydrogen-bond donors (Lipinski definition) is 0. The number of fused-ring (bicyclic) bond motifs is 1. The highest BCUT2D eigenvalue weighted by molar-refractivity contribution is 7.23. The average Bonchev–Trinajstić information content (AvgIpc) is 3.13. The lowest BCUT2D eigenvalue weighted by Crippen LogP contribution is -2.48. The largest absolute Gasteiger partial charge is 0.414 e. The van der Waals surface area contributed by atoms with Crippen LogP contribution in [-0.4, -0.2) is 35.0 Å². The molecule has 0 spiro atoms. The standard InChI is InChI=1S/C33H61O3PSi2/c1-24(23-37-34)29-17-18-30-26(14-13-19-33(29,30)8)16-15-25-20-27(35-38(9,10)31(2,3)4)22-28(21-25)36-39(11,12)32(5,6)7/h15-16,24,27-30H,13-14,17-23H2,1-12H3/b26-16+/t24-,27-,28-,29?,30?,33-/m1/s1. The van der Waals surface area contributed by atoms with Crippen LogP contribution in [-0.2, 0) is 13.4 Å². The molecule has 3 saturated carbocycles. The van der Waals surface area contributed by atoms with E-state index in [-0.39, 0.29) is 22.3 Å². The molecule has 2 unspecified atom stereocenters. The number of hydrogen-bond acceptors (Lipinski definition) is 3. The minimum absolute atomic E-state index is 0.209. The lowest BCUT2D eigenvalue weighted by molar-refractivity contribution is 0.0725. The van der Waals surface area contributed by atoms with E-state index in [1.807, 2.05) is 0 Å². The molecule has 0 aliphatic heterocycles. The summed E-state index contributed by atoms with van der Waals surface area (Å²) >= 11 is 0. The Kier molecular flexibility index (Phi) is 10.5. The second-order valence-corrected chi connectivity index (χ2v) is 26.7. The zero-order valence-electron chi connectivity index (χ0n) is 27.6. The van der Waals surface area contributed by atoms with Crippen molar-refractivity contribution in [3.63, 3.8) is 0 Å². The molecule has 0 radical (unpaired) electrons. The minimum atomic E-state index is -1.86. The van der Waals surface area contributed by atoms with Crippen LogP contribution in [0.5, 0.6) is 0 Å². The van der Waals surface area contributed by atoms with Crippen LogP contribution in [0, 0.1) is 23.2 Å². The molecule has 0 aromatic carbocycles. The molecule has 6 atom stereocenters. The molecule has 3 nitrogen and oxygen atoms in total. The van der Waals surface area contributed by atoms with Crippen LogP contribution in [0.1, 0.15) is 107 Å². The predicted molar refractivity (Wildman–Crippen MR) is 174 cm³/mol. The number of rotatable bonds is 8. The van der Waals surface area contributed by atoms with Gasteiger partial charge in [-0.3, -0.25) is 4.57 Å². The van der Waals surface area contributed by atoms with Gasteiger partial charge in [-0.2, -0.15) is 0 Å². The quantitative estimate of drug-likeness (QED) is 0.208. The summed E-state index contributed by atoms with van der Waals surface area (Å²) in [7, 11) is -3.42. The van der Waals surface area contributed by atoms with Crippen molar-refractivity contribution in [2.75, 3.05) is 6.16 Å². The summed E-state index contributed by atoms with van der Waals surface area (Å²) in [6.07, 6.45) is 15.8. The van der Waals surface area contributed by atoms with Gasteiger partial charge in [-0.05, 0) is 111 Å². The number of allylic oxidation sites excluding steroid dienone is 3. The molecule has 0 aromatic heterocycles. The van der Waals surface area contributed by atoms with E-state index in [0.29, 0.717) is 31.6 Å². The summed E-state index contributed by atoms with van der Waals surface area (Å²) in [5, 5.41) is 0.417. The van der Waals surface area contributed by atoms with Crippen LogP contribution < -0.4 is 0 Å². The molecule has 39 heavy (non-hydrogen) atoms. The fourth-order valence-corrected chi connectivity index (χ4v) is 10.5. The van der Waals surface area contributed by atoms with Crippen molar-refractivity contribution in [2.45, 2.75) is 155 Å². The molecule has 0 aromatic rings. The molecule has 3 rings (SSSR count). The van der Waals surface area contributed by atoms with E-state index in [2.05, 4.69) is 93.7 Å². The molecule has 3 aliphatic carbocycles. The maximum Gasteiger partial charge on any atom is 0.192 e. The molecular formula is C33H61O3PSi2. The van der Waals surface area contributed by atoms with Gasteiger partial charge in [0.05, 0.1) is 12.2 Å². The summed E-state index contributed by atoms with van der Waals surface area (Å²) in [5.41, 5.74) is 3.54. The average molecular weight is 593 g/mol. The Morgan fingerprint density at radius 2 is 1.49 bits per heavy atom. The first-order valence-electron chi connectivity index (χ1n) is 15.8. The molecule has 0 saturated heterocycles. The van der Waals surface area contributed by atoms with Gasteiger partial charge in [0.2, 0.25) is 0 Å². The highest BCUT2D eigenvalue weighted by Crippen LogP contribution is 2.59. The third kappa shape index (κ3) is 7.67. The van der Waals surface area contributed by atoms with Gasteiger partial charge >= 0.3 is 0 Å². The zero-order valence-corrected chi connectivity index (χ0v) is 30.5. The fraction of sp³-hybridized carbons (Fsp3) is 0.879. The molecule has 6 heteroatoms. The van der Waals surface area contributed by atoms with Crippen molar-refractivity contribution < 1.29 is 13.4 Å². The van der Waals surface area contributed by atoms with Crippen LogP contribution in [0.2, 0.25) is 36.3 Å². The highest BCUT2D eigenvalue weighted by Gasteiger charge is 2.50. The van der Waals surface area contributed by atoms with Gasteiger partial charge in [0.15, 0.2) is 25.1 Å². The van der Waals surface area contributed by atoms with Crippen LogP contribution >= 0.6 is 8.46 Å². The van der Waals surface area contributed by atoms with E-state index in [1.165, 1.54) is 37.7 Å². The van der Waals surface area contributed by atoms with Crippen molar-refractivity contribution in [1.29, 1.82) is 0 Å². The van der Waals surface area contributed by atoms with Gasteiger partial charge in [0, 0.05) is 6.16 Å². The first kappa shape index (κ1) is 33.4. The summed E-state index contributed by atoms with van der Waals surface area (Å²) in [6, 6.07) is 0. The Labute approximate surface area is 245 Å².